The third-order valence-corrected chi connectivity index (χ3v) is 0.784. The van der Waals surface area contributed by atoms with E-state index in [2.05, 4.69) is 0 Å². The number of nitrogens with zero attached hydrogens (tertiary/aromatic N) is 1. The molecule has 0 aromatic rings. The Morgan fingerprint density at radius 3 is 1.32 bits per heavy atom. The average Bonchev–Trinajstić information content (AvgIpc) is 1.80. The first-order valence-electron chi connectivity index (χ1n) is 3.09. The number of hydrogen-bond acceptors (Lipinski definition) is 3. The molecule has 0 aromatic carbocycles. The van der Waals surface area contributed by atoms with Gasteiger partial charge in [0.25, 0.3) is 0 Å². The summed E-state index contributed by atoms with van der Waals surface area (Å²) in [5.41, 5.74) is 4.93. The second-order valence-electron chi connectivity index (χ2n) is 2.15. The standard InChI is InChI=1S/C4H9N3O2.2Na.H3O4P.6H2O.2H/c1-7(4(5)6)2-3(8)9;;;1-5(2,3)4;;;;;;;;/h2H2,1H3,(H3,5,6)(H,8,9);;;(H3,1,2,3,4);6*1H2;;/q;2*+1;;;;;;;;2*-1. The van der Waals surface area contributed by atoms with Gasteiger partial charge in [0, 0.05) is 7.05 Å². The van der Waals surface area contributed by atoms with Crippen molar-refractivity contribution in [1.82, 2.24) is 4.90 Å². The molecule has 0 saturated carbocycles. The summed E-state index contributed by atoms with van der Waals surface area (Å²) in [5, 5.41) is 14.9. The molecule has 0 aromatic heterocycles. The van der Waals surface area contributed by atoms with Gasteiger partial charge in [-0.2, -0.15) is 0 Å². The van der Waals surface area contributed by atoms with Crippen molar-refractivity contribution < 1.29 is 124 Å². The minimum absolute atomic E-state index is 0. The summed E-state index contributed by atoms with van der Waals surface area (Å²) >= 11 is 0. The molecule has 0 heterocycles. The number of guanidine groups is 1. The molecule has 136 valence electrons. The van der Waals surface area contributed by atoms with Gasteiger partial charge in [0.05, 0.1) is 0 Å². The maximum Gasteiger partial charge on any atom is 1.00 e. The van der Waals surface area contributed by atoms with Crippen LogP contribution in [0.5, 0.6) is 0 Å². The Balaban J connectivity index is -0.00000000893. The predicted octanol–water partition coefficient (Wildman–Crippen LogP) is -12.7. The van der Waals surface area contributed by atoms with E-state index in [1.165, 1.54) is 7.05 Å². The quantitative estimate of drug-likeness (QED) is 0.114. The second kappa shape index (κ2) is 33.3. The Labute approximate surface area is 172 Å². The summed E-state index contributed by atoms with van der Waals surface area (Å²) in [7, 11) is -3.20. The van der Waals surface area contributed by atoms with Crippen LogP contribution in [0.25, 0.3) is 0 Å². The minimum atomic E-state index is -4.64. The van der Waals surface area contributed by atoms with Gasteiger partial charge in [-0.15, -0.1) is 0 Å². The molecule has 0 aliphatic rings. The molecule has 0 amide bonds. The fraction of sp³-hybridized carbons (Fsp3) is 0.500. The average molecular weight is 385 g/mol. The smallest absolute Gasteiger partial charge is 1.00 e. The molecule has 0 rings (SSSR count). The maximum atomic E-state index is 9.92. The minimum Gasteiger partial charge on any atom is -1.00 e. The molecule has 18 heteroatoms. The van der Waals surface area contributed by atoms with Gasteiger partial charge in [-0.05, 0) is 0 Å². The van der Waals surface area contributed by atoms with Crippen molar-refractivity contribution in [2.75, 3.05) is 13.6 Å². The SMILES string of the molecule is CN(CC(=O)O)C(=N)N.O.O.O.O.O.O.O=P(O)(O)O.[H-].[H-].[Na+].[Na+]. The van der Waals surface area contributed by atoms with E-state index in [4.69, 9.17) is 35.5 Å². The van der Waals surface area contributed by atoms with Crippen molar-refractivity contribution in [3.8, 4) is 0 Å². The first kappa shape index (κ1) is 66.4. The van der Waals surface area contributed by atoms with Crippen LogP contribution in [0.4, 0.5) is 0 Å². The Kier molecular flexibility index (Phi) is 100. The summed E-state index contributed by atoms with van der Waals surface area (Å²) in [5.74, 6) is -1.23. The maximum absolute atomic E-state index is 9.92. The molecular weight excluding hydrogens is 359 g/mol. The van der Waals surface area contributed by atoms with Crippen LogP contribution in [-0.2, 0) is 9.36 Å². The normalized spacial score (nSPS) is 6.18. The van der Waals surface area contributed by atoms with Crippen LogP contribution in [0.2, 0.25) is 0 Å². The zero-order valence-corrected chi connectivity index (χ0v) is 17.2. The van der Waals surface area contributed by atoms with Crippen molar-refractivity contribution in [2.24, 2.45) is 5.73 Å². The van der Waals surface area contributed by atoms with E-state index < -0.39 is 13.8 Å². The van der Waals surface area contributed by atoms with Crippen LogP contribution in [0, 0.1) is 5.41 Å². The second-order valence-corrected chi connectivity index (χ2v) is 3.17. The van der Waals surface area contributed by atoms with Gasteiger partial charge in [-0.25, -0.2) is 4.57 Å². The fourth-order valence-corrected chi connectivity index (χ4v) is 0.288. The Hall–Kier alpha value is 0.610. The number of phosphoric acid groups is 1. The first-order valence-corrected chi connectivity index (χ1v) is 4.65. The van der Waals surface area contributed by atoms with Crippen LogP contribution in [0.3, 0.4) is 0 Å². The van der Waals surface area contributed by atoms with Gasteiger partial charge in [0.1, 0.15) is 6.54 Å². The molecule has 0 saturated heterocycles. The predicted molar refractivity (Wildman–Crippen MR) is 70.3 cm³/mol. The molecule has 0 unspecified atom stereocenters. The number of likely N-dealkylation sites (N-methyl/N-ethyl adjacent to an activating group) is 1. The van der Waals surface area contributed by atoms with Crippen molar-refractivity contribution in [2.45, 2.75) is 0 Å². The number of nitrogens with one attached hydrogen (secondary N) is 1. The summed E-state index contributed by atoms with van der Waals surface area (Å²) in [6, 6.07) is 0. The first-order chi connectivity index (χ1) is 6.04. The number of carboxylic acid groups (broad SMARTS) is 1. The number of hydrogen-bond donors (Lipinski definition) is 6. The van der Waals surface area contributed by atoms with Crippen molar-refractivity contribution in [3.05, 3.63) is 0 Å². The van der Waals surface area contributed by atoms with Crippen LogP contribution >= 0.6 is 7.82 Å². The molecule has 0 bridgehead atoms. The van der Waals surface area contributed by atoms with Crippen molar-refractivity contribution in [3.63, 3.8) is 0 Å². The van der Waals surface area contributed by atoms with Gasteiger partial charge in [-0.3, -0.25) is 10.2 Å². The molecule has 19 N–H and O–H groups in total. The molecule has 15 nitrogen and oxygen atoms in total. The molecular formula is C4H26N3Na2O12P. The van der Waals surface area contributed by atoms with E-state index in [-0.39, 0.29) is 107 Å². The zero-order valence-electron chi connectivity index (χ0n) is 14.3. The molecule has 22 heavy (non-hydrogen) atoms. The Bertz CT molecular complexity index is 266. The number of carbonyl (C=O) groups is 1. The molecule has 0 atom stereocenters. The van der Waals surface area contributed by atoms with E-state index >= 15 is 0 Å². The number of carboxylic acids is 1. The summed E-state index contributed by atoms with van der Waals surface area (Å²) < 4.78 is 8.88. The van der Waals surface area contributed by atoms with Crippen LogP contribution in [0.1, 0.15) is 2.85 Å². The zero-order chi connectivity index (χ0) is 11.9. The Morgan fingerprint density at radius 1 is 1.09 bits per heavy atom. The third-order valence-electron chi connectivity index (χ3n) is 0.784. The molecule has 0 aliphatic carbocycles. The van der Waals surface area contributed by atoms with E-state index in [1.807, 2.05) is 0 Å². The topological polar surface area (TPSA) is 357 Å². The third kappa shape index (κ3) is 107. The summed E-state index contributed by atoms with van der Waals surface area (Å²) in [6.07, 6.45) is 0. The number of nitrogens with two attached hydrogens (primary N) is 1. The van der Waals surface area contributed by atoms with Gasteiger partial charge < -0.3 is 66.1 Å². The van der Waals surface area contributed by atoms with E-state index in [0.717, 1.165) is 4.90 Å². The van der Waals surface area contributed by atoms with Crippen LogP contribution in [-0.4, -0.2) is 83.1 Å². The Morgan fingerprint density at radius 2 is 1.27 bits per heavy atom. The monoisotopic (exact) mass is 385 g/mol. The van der Waals surface area contributed by atoms with Gasteiger partial charge >= 0.3 is 72.9 Å². The van der Waals surface area contributed by atoms with Crippen LogP contribution < -0.4 is 64.8 Å². The number of aliphatic carboxylic acids is 1. The van der Waals surface area contributed by atoms with Gasteiger partial charge in [-0.1, -0.05) is 0 Å². The van der Waals surface area contributed by atoms with E-state index in [0.29, 0.717) is 0 Å². The molecule has 0 fully saturated rings. The summed E-state index contributed by atoms with van der Waals surface area (Å²) in [4.78, 5) is 32.6. The molecule has 0 aliphatic heterocycles. The molecule has 0 spiro atoms. The fourth-order valence-electron chi connectivity index (χ4n) is 0.288. The van der Waals surface area contributed by atoms with Gasteiger partial charge in [0.15, 0.2) is 5.96 Å². The van der Waals surface area contributed by atoms with Crippen LogP contribution in [0.15, 0.2) is 0 Å². The van der Waals surface area contributed by atoms with Crippen molar-refractivity contribution >= 4 is 19.8 Å². The number of rotatable bonds is 2. The largest absolute Gasteiger partial charge is 1.00 e. The summed E-state index contributed by atoms with van der Waals surface area (Å²) in [6.45, 7) is -0.227. The molecule has 0 radical (unpaired) electrons. The van der Waals surface area contributed by atoms with E-state index in [1.54, 1.807) is 0 Å². The van der Waals surface area contributed by atoms with Gasteiger partial charge in [0.2, 0.25) is 0 Å². The van der Waals surface area contributed by atoms with E-state index in [9.17, 15) is 4.79 Å². The van der Waals surface area contributed by atoms with Crippen molar-refractivity contribution in [1.29, 1.82) is 5.41 Å².